The summed E-state index contributed by atoms with van der Waals surface area (Å²) in [7, 11) is 0. The molecule has 0 amide bonds. The Morgan fingerprint density at radius 2 is 2.28 bits per heavy atom. The average Bonchev–Trinajstić information content (AvgIpc) is 2.74. The molecule has 1 unspecified atom stereocenters. The van der Waals surface area contributed by atoms with Crippen LogP contribution in [0.4, 0.5) is 0 Å². The number of hydrogen-bond acceptors (Lipinski definition) is 4. The van der Waals surface area contributed by atoms with Crippen molar-refractivity contribution in [1.82, 2.24) is 0 Å². The van der Waals surface area contributed by atoms with Crippen LogP contribution in [0.25, 0.3) is 0 Å². The first-order chi connectivity index (χ1) is 8.35. The molecule has 0 aromatic heterocycles. The van der Waals surface area contributed by atoms with Crippen molar-refractivity contribution in [1.29, 1.82) is 0 Å². The highest BCUT2D eigenvalue weighted by molar-refractivity contribution is 6.25. The summed E-state index contributed by atoms with van der Waals surface area (Å²) < 4.78 is 5.11. The van der Waals surface area contributed by atoms with Gasteiger partial charge in [0.05, 0.1) is 5.71 Å². The van der Waals surface area contributed by atoms with Gasteiger partial charge in [-0.1, -0.05) is 44.5 Å². The maximum atomic E-state index is 12.0. The van der Waals surface area contributed by atoms with Crippen molar-refractivity contribution in [2.45, 2.75) is 46.1 Å². The highest BCUT2D eigenvalue weighted by Crippen LogP contribution is 2.35. The molecule has 1 heterocycles. The SMILES string of the molecule is CCC1(C(=O)OC/C=C/Cl)CC(C(C)(C)C)=NO1. The van der Waals surface area contributed by atoms with Crippen LogP contribution in [0.1, 0.15) is 40.5 Å². The van der Waals surface area contributed by atoms with Crippen LogP contribution in [-0.2, 0) is 14.4 Å². The van der Waals surface area contributed by atoms with E-state index in [9.17, 15) is 4.79 Å². The molecule has 0 saturated carbocycles. The van der Waals surface area contributed by atoms with Gasteiger partial charge in [-0.25, -0.2) is 4.79 Å². The van der Waals surface area contributed by atoms with Crippen LogP contribution < -0.4 is 0 Å². The summed E-state index contributed by atoms with van der Waals surface area (Å²) in [5, 5.41) is 4.05. The fraction of sp³-hybridized carbons (Fsp3) is 0.692. The Bertz CT molecular complexity index is 371. The molecule has 0 saturated heterocycles. The maximum absolute atomic E-state index is 12.0. The number of carbonyl (C=O) groups is 1. The number of oxime groups is 1. The molecule has 0 spiro atoms. The van der Waals surface area contributed by atoms with Crippen LogP contribution in [0, 0.1) is 5.41 Å². The number of halogens is 1. The van der Waals surface area contributed by atoms with Crippen LogP contribution in [0.15, 0.2) is 16.8 Å². The van der Waals surface area contributed by atoms with E-state index in [0.29, 0.717) is 12.8 Å². The van der Waals surface area contributed by atoms with Gasteiger partial charge in [0.2, 0.25) is 5.60 Å². The Kier molecular flexibility index (Phi) is 4.79. The summed E-state index contributed by atoms with van der Waals surface area (Å²) in [5.74, 6) is -0.386. The van der Waals surface area contributed by atoms with Crippen LogP contribution in [0.2, 0.25) is 0 Å². The molecule has 0 bridgehead atoms. The lowest BCUT2D eigenvalue weighted by atomic mass is 9.82. The zero-order chi connectivity index (χ0) is 13.8. The van der Waals surface area contributed by atoms with Gasteiger partial charge in [0.25, 0.3) is 0 Å². The van der Waals surface area contributed by atoms with Crippen molar-refractivity contribution in [3.05, 3.63) is 11.6 Å². The molecule has 1 atom stereocenters. The second kappa shape index (κ2) is 5.74. The Labute approximate surface area is 113 Å². The summed E-state index contributed by atoms with van der Waals surface area (Å²) in [4.78, 5) is 17.4. The number of rotatable bonds is 4. The number of esters is 1. The fourth-order valence-corrected chi connectivity index (χ4v) is 1.69. The molecule has 1 aliphatic rings. The standard InChI is InChI=1S/C13H20ClNO3/c1-5-13(11(16)17-8-6-7-14)9-10(15-18-13)12(2,3)4/h6-7H,5,8-9H2,1-4H3/b7-6+. The monoisotopic (exact) mass is 273 g/mol. The molecular weight excluding hydrogens is 254 g/mol. The van der Waals surface area contributed by atoms with Gasteiger partial charge in [0, 0.05) is 17.4 Å². The lowest BCUT2D eigenvalue weighted by Gasteiger charge is -2.24. The first kappa shape index (κ1) is 15.0. The van der Waals surface area contributed by atoms with E-state index in [1.165, 1.54) is 5.54 Å². The van der Waals surface area contributed by atoms with Crippen LogP contribution in [0.5, 0.6) is 0 Å². The van der Waals surface area contributed by atoms with Crippen molar-refractivity contribution in [2.75, 3.05) is 6.61 Å². The predicted octanol–water partition coefficient (Wildman–Crippen LogP) is 3.25. The second-order valence-electron chi connectivity index (χ2n) is 5.36. The third-order valence-corrected chi connectivity index (χ3v) is 3.17. The molecule has 4 nitrogen and oxygen atoms in total. The Balaban J connectivity index is 2.71. The van der Waals surface area contributed by atoms with Crippen molar-refractivity contribution >= 4 is 23.3 Å². The van der Waals surface area contributed by atoms with Gasteiger partial charge in [0.15, 0.2) is 0 Å². The van der Waals surface area contributed by atoms with Gasteiger partial charge < -0.3 is 9.57 Å². The summed E-state index contributed by atoms with van der Waals surface area (Å²) in [5.41, 5.74) is 1.13. The number of hydrogen-bond donors (Lipinski definition) is 0. The zero-order valence-corrected chi connectivity index (χ0v) is 12.1. The lowest BCUT2D eigenvalue weighted by Crippen LogP contribution is -2.41. The van der Waals surface area contributed by atoms with Crippen molar-refractivity contribution in [3.63, 3.8) is 0 Å². The zero-order valence-electron chi connectivity index (χ0n) is 11.3. The highest BCUT2D eigenvalue weighted by Gasteiger charge is 2.48. The molecule has 0 radical (unpaired) electrons. The van der Waals surface area contributed by atoms with E-state index in [1.807, 2.05) is 27.7 Å². The molecule has 102 valence electrons. The van der Waals surface area contributed by atoms with Gasteiger partial charge in [-0.2, -0.15) is 0 Å². The van der Waals surface area contributed by atoms with Crippen LogP contribution >= 0.6 is 11.6 Å². The minimum atomic E-state index is -0.969. The number of nitrogens with zero attached hydrogens (tertiary/aromatic N) is 1. The Hall–Kier alpha value is -1.03. The van der Waals surface area contributed by atoms with Gasteiger partial charge in [-0.05, 0) is 12.5 Å². The normalized spacial score (nSPS) is 23.9. The molecule has 0 aromatic carbocycles. The van der Waals surface area contributed by atoms with Crippen molar-refractivity contribution < 1.29 is 14.4 Å². The van der Waals surface area contributed by atoms with E-state index < -0.39 is 5.60 Å². The Morgan fingerprint density at radius 3 is 2.72 bits per heavy atom. The average molecular weight is 274 g/mol. The van der Waals surface area contributed by atoms with Crippen molar-refractivity contribution in [2.24, 2.45) is 10.6 Å². The van der Waals surface area contributed by atoms with Gasteiger partial charge >= 0.3 is 5.97 Å². The van der Waals surface area contributed by atoms with E-state index in [2.05, 4.69) is 5.16 Å². The maximum Gasteiger partial charge on any atom is 0.354 e. The smallest absolute Gasteiger partial charge is 0.354 e. The molecule has 1 aliphatic heterocycles. The van der Waals surface area contributed by atoms with Crippen LogP contribution in [0.3, 0.4) is 0 Å². The summed E-state index contributed by atoms with van der Waals surface area (Å²) >= 11 is 5.37. The molecular formula is C13H20ClNO3. The first-order valence-corrected chi connectivity index (χ1v) is 6.47. The first-order valence-electron chi connectivity index (χ1n) is 6.03. The van der Waals surface area contributed by atoms with E-state index in [4.69, 9.17) is 21.2 Å². The van der Waals surface area contributed by atoms with Gasteiger partial charge in [-0.15, -0.1) is 0 Å². The van der Waals surface area contributed by atoms with E-state index in [1.54, 1.807) is 6.08 Å². The number of ether oxygens (including phenoxy) is 1. The fourth-order valence-electron chi connectivity index (χ4n) is 1.61. The van der Waals surface area contributed by atoms with Crippen molar-refractivity contribution in [3.8, 4) is 0 Å². The Morgan fingerprint density at radius 1 is 1.61 bits per heavy atom. The topological polar surface area (TPSA) is 47.9 Å². The number of carbonyl (C=O) groups excluding carboxylic acids is 1. The summed E-state index contributed by atoms with van der Waals surface area (Å²) in [6.45, 7) is 8.17. The minimum absolute atomic E-state index is 0.104. The molecule has 5 heteroatoms. The molecule has 1 rings (SSSR count). The molecule has 0 aromatic rings. The third-order valence-electron chi connectivity index (χ3n) is 2.99. The summed E-state index contributed by atoms with van der Waals surface area (Å²) in [6.07, 6.45) is 2.57. The quantitative estimate of drug-likeness (QED) is 0.739. The predicted molar refractivity (Wildman–Crippen MR) is 71.6 cm³/mol. The lowest BCUT2D eigenvalue weighted by molar-refractivity contribution is -0.168. The molecule has 0 aliphatic carbocycles. The third kappa shape index (κ3) is 3.25. The highest BCUT2D eigenvalue weighted by atomic mass is 35.5. The molecule has 0 N–H and O–H groups in total. The van der Waals surface area contributed by atoms with E-state index in [0.717, 1.165) is 5.71 Å². The van der Waals surface area contributed by atoms with E-state index >= 15 is 0 Å². The molecule has 0 fully saturated rings. The largest absolute Gasteiger partial charge is 0.458 e. The summed E-state index contributed by atoms with van der Waals surface area (Å²) in [6, 6.07) is 0. The van der Waals surface area contributed by atoms with Gasteiger partial charge in [0.1, 0.15) is 6.61 Å². The second-order valence-corrected chi connectivity index (χ2v) is 5.62. The van der Waals surface area contributed by atoms with E-state index in [-0.39, 0.29) is 18.0 Å². The minimum Gasteiger partial charge on any atom is -0.458 e. The van der Waals surface area contributed by atoms with Gasteiger partial charge in [-0.3, -0.25) is 0 Å². The molecule has 18 heavy (non-hydrogen) atoms. The van der Waals surface area contributed by atoms with Crippen LogP contribution in [-0.4, -0.2) is 23.9 Å².